The van der Waals surface area contributed by atoms with E-state index in [1.54, 1.807) is 16.5 Å². The van der Waals surface area contributed by atoms with Crippen LogP contribution in [-0.2, 0) is 24.3 Å². The Morgan fingerprint density at radius 3 is 2.76 bits per heavy atom. The van der Waals surface area contributed by atoms with E-state index < -0.39 is 39.8 Å². The van der Waals surface area contributed by atoms with Crippen LogP contribution < -0.4 is 10.0 Å². The van der Waals surface area contributed by atoms with Gasteiger partial charge < -0.3 is 10.1 Å². The third kappa shape index (κ3) is 5.04. The quantitative estimate of drug-likeness (QED) is 0.375. The largest absolute Gasteiger partial charge is 0.466 e. The topological polar surface area (TPSA) is 130 Å². The summed E-state index contributed by atoms with van der Waals surface area (Å²) >= 11 is 7.70. The van der Waals surface area contributed by atoms with Gasteiger partial charge in [0.2, 0.25) is 10.0 Å². The second kappa shape index (κ2) is 10.1. The molecule has 5 rings (SSSR count). The lowest BCUT2D eigenvalue weighted by Gasteiger charge is -2.33. The van der Waals surface area contributed by atoms with Gasteiger partial charge in [0.25, 0.3) is 5.91 Å². The van der Waals surface area contributed by atoms with Gasteiger partial charge in [0, 0.05) is 40.3 Å². The number of sulfonamides is 1. The van der Waals surface area contributed by atoms with Crippen LogP contribution in [0.5, 0.6) is 0 Å². The molecule has 2 aromatic rings. The molecule has 1 fully saturated rings. The molecule has 0 unspecified atom stereocenters. The number of likely N-dealkylation sites (tertiary alicyclic amines) is 1. The number of carbonyl (C=O) groups is 2. The molecule has 2 N–H and O–H groups in total. The number of aromatic nitrogens is 1. The molecule has 1 saturated heterocycles. The van der Waals surface area contributed by atoms with Crippen molar-refractivity contribution in [3.63, 3.8) is 0 Å². The third-order valence-corrected chi connectivity index (χ3v) is 8.06. The zero-order valence-electron chi connectivity index (χ0n) is 20.1. The number of hydrogen-bond acceptors (Lipinski definition) is 10. The average molecular weight is 578 g/mol. The van der Waals surface area contributed by atoms with Crippen molar-refractivity contribution in [3.8, 4) is 11.8 Å². The van der Waals surface area contributed by atoms with Crippen LogP contribution in [0.1, 0.15) is 23.0 Å². The van der Waals surface area contributed by atoms with Gasteiger partial charge in [0.1, 0.15) is 11.9 Å². The molecule has 3 aliphatic rings. The average Bonchev–Trinajstić information content (AvgIpc) is 3.44. The number of carbonyl (C=O) groups excluding carboxylic acids is 2. The van der Waals surface area contributed by atoms with E-state index in [-0.39, 0.29) is 29.1 Å². The van der Waals surface area contributed by atoms with Gasteiger partial charge >= 0.3 is 5.97 Å². The van der Waals surface area contributed by atoms with Gasteiger partial charge in [0.15, 0.2) is 10.8 Å². The Morgan fingerprint density at radius 2 is 2.16 bits per heavy atom. The number of nitrogens with one attached hydrogen (secondary N) is 2. The van der Waals surface area contributed by atoms with Crippen molar-refractivity contribution in [1.82, 2.24) is 19.9 Å². The van der Waals surface area contributed by atoms with Gasteiger partial charge in [-0.05, 0) is 18.6 Å². The van der Waals surface area contributed by atoms with Crippen LogP contribution in [0, 0.1) is 23.6 Å². The van der Waals surface area contributed by atoms with Crippen LogP contribution in [0.25, 0.3) is 0 Å². The summed E-state index contributed by atoms with van der Waals surface area (Å²) in [7, 11) is -2.57. The zero-order valence-corrected chi connectivity index (χ0v) is 22.5. The summed E-state index contributed by atoms with van der Waals surface area (Å²) in [4.78, 5) is 36.8. The number of halogens is 2. The molecule has 1 amide bonds. The Balaban J connectivity index is 1.60. The number of ether oxygens (including phenoxy) is 1. The van der Waals surface area contributed by atoms with Crippen LogP contribution in [0.4, 0.5) is 4.39 Å². The highest BCUT2D eigenvalue weighted by molar-refractivity contribution is 7.89. The van der Waals surface area contributed by atoms with Crippen molar-refractivity contribution in [2.24, 2.45) is 10.9 Å². The Hall–Kier alpha value is -3.31. The number of benzene rings is 1. The Labute approximate surface area is 227 Å². The molecule has 198 valence electrons. The van der Waals surface area contributed by atoms with Gasteiger partial charge in [-0.25, -0.2) is 22.6 Å². The van der Waals surface area contributed by atoms with E-state index in [1.165, 1.54) is 30.6 Å². The summed E-state index contributed by atoms with van der Waals surface area (Å²) < 4.78 is 44.5. The highest BCUT2D eigenvalue weighted by Gasteiger charge is 2.48. The maximum atomic E-state index is 13.9. The van der Waals surface area contributed by atoms with Gasteiger partial charge in [-0.2, -0.15) is 0 Å². The maximum Gasteiger partial charge on any atom is 0.338 e. The highest BCUT2D eigenvalue weighted by atomic mass is 35.5. The van der Waals surface area contributed by atoms with Gasteiger partial charge in [-0.15, -0.1) is 11.3 Å². The SMILES string of the molecule is COC(=O)C1=C(CN2[C@@H]3C#C[C@@H]3C[C@H]2C(=O)NS(C)(=O)=O)NC(c2nccs2)=N[C@H]1c1ccc(F)cc1Cl. The van der Waals surface area contributed by atoms with E-state index in [1.807, 2.05) is 4.72 Å². The molecule has 4 atom stereocenters. The van der Waals surface area contributed by atoms with Gasteiger partial charge in [-0.1, -0.05) is 29.5 Å². The molecule has 3 heterocycles. The Kier molecular flexibility index (Phi) is 6.99. The number of amides is 1. The van der Waals surface area contributed by atoms with Crippen LogP contribution in [0.15, 0.2) is 46.0 Å². The molecular weight excluding hydrogens is 557 g/mol. The molecule has 38 heavy (non-hydrogen) atoms. The number of aliphatic imine (C=N–C) groups is 1. The van der Waals surface area contributed by atoms with Crippen LogP contribution in [-0.4, -0.2) is 68.0 Å². The number of fused-ring (bicyclic) bond motifs is 1. The Morgan fingerprint density at radius 1 is 1.37 bits per heavy atom. The number of esters is 1. The summed E-state index contributed by atoms with van der Waals surface area (Å²) in [5.41, 5.74) is 0.837. The summed E-state index contributed by atoms with van der Waals surface area (Å²) in [6.07, 6.45) is 2.84. The number of amidine groups is 1. The number of thiazole rings is 1. The van der Waals surface area contributed by atoms with E-state index >= 15 is 0 Å². The van der Waals surface area contributed by atoms with E-state index in [9.17, 15) is 22.4 Å². The van der Waals surface area contributed by atoms with Gasteiger partial charge in [0.05, 0.1) is 31.0 Å². The van der Waals surface area contributed by atoms with Crippen molar-refractivity contribution < 1.29 is 27.1 Å². The minimum atomic E-state index is -3.79. The minimum absolute atomic E-state index is 0.0157. The third-order valence-electron chi connectivity index (χ3n) is 6.39. The fourth-order valence-corrected chi connectivity index (χ4v) is 6.07. The monoisotopic (exact) mass is 577 g/mol. The molecule has 0 saturated carbocycles. The molecule has 10 nitrogen and oxygen atoms in total. The van der Waals surface area contributed by atoms with Crippen molar-refractivity contribution >= 4 is 50.7 Å². The van der Waals surface area contributed by atoms with E-state index in [4.69, 9.17) is 21.3 Å². The van der Waals surface area contributed by atoms with Crippen molar-refractivity contribution in [2.75, 3.05) is 19.9 Å². The van der Waals surface area contributed by atoms with Crippen LogP contribution in [0.2, 0.25) is 5.02 Å². The first-order valence-corrected chi connectivity index (χ1v) is 14.5. The molecule has 0 radical (unpaired) electrons. The molecule has 0 spiro atoms. The highest BCUT2D eigenvalue weighted by Crippen LogP contribution is 2.39. The lowest BCUT2D eigenvalue weighted by Crippen LogP contribution is -2.50. The fourth-order valence-electron chi connectivity index (χ4n) is 4.71. The fraction of sp³-hybridized carbons (Fsp3) is 0.333. The zero-order chi connectivity index (χ0) is 27.2. The molecular formula is C24H21ClFN5O5S2. The van der Waals surface area contributed by atoms with Gasteiger partial charge in [-0.3, -0.25) is 19.4 Å². The van der Waals surface area contributed by atoms with E-state index in [0.29, 0.717) is 28.5 Å². The number of hydrogen-bond donors (Lipinski definition) is 2. The van der Waals surface area contributed by atoms with E-state index in [2.05, 4.69) is 22.1 Å². The van der Waals surface area contributed by atoms with Crippen LogP contribution in [0.3, 0.4) is 0 Å². The van der Waals surface area contributed by atoms with Crippen molar-refractivity contribution in [2.45, 2.75) is 24.5 Å². The predicted molar refractivity (Wildman–Crippen MR) is 138 cm³/mol. The number of nitrogens with zero attached hydrogens (tertiary/aromatic N) is 3. The first kappa shape index (κ1) is 26.3. The molecule has 1 aromatic carbocycles. The molecule has 1 aliphatic carbocycles. The van der Waals surface area contributed by atoms with Crippen molar-refractivity contribution in [1.29, 1.82) is 0 Å². The standard InChI is InChI=1S/C24H21ClFN5O5S2/c1-36-24(33)19-16(11-31-17-6-3-12(17)9-18(31)22(32)30-38(2,34)35)28-21(23-27-7-8-37-23)29-20(19)14-5-4-13(26)10-15(14)25/h4-5,7-8,10,12,17-18,20H,9,11H2,1-2H3,(H,28,29)(H,30,32)/t12-,17-,18+,20+/m1/s1. The lowest BCUT2D eigenvalue weighted by molar-refractivity contribution is -0.136. The van der Waals surface area contributed by atoms with Crippen molar-refractivity contribution in [3.05, 3.63) is 62.5 Å². The lowest BCUT2D eigenvalue weighted by atomic mass is 9.92. The second-order valence-electron chi connectivity index (χ2n) is 8.89. The summed E-state index contributed by atoms with van der Waals surface area (Å²) in [5.74, 6) is 4.33. The number of rotatable bonds is 7. The normalized spacial score (nSPS) is 24.4. The summed E-state index contributed by atoms with van der Waals surface area (Å²) in [5, 5.41) is 5.53. The number of methoxy groups -OCH3 is 1. The van der Waals surface area contributed by atoms with Crippen LogP contribution >= 0.6 is 22.9 Å². The van der Waals surface area contributed by atoms with E-state index in [0.717, 1.165) is 12.3 Å². The first-order valence-electron chi connectivity index (χ1n) is 11.3. The molecule has 1 aromatic heterocycles. The maximum absolute atomic E-state index is 13.9. The smallest absolute Gasteiger partial charge is 0.338 e. The molecule has 0 bridgehead atoms. The minimum Gasteiger partial charge on any atom is -0.466 e. The second-order valence-corrected chi connectivity index (χ2v) is 11.9. The molecule has 14 heteroatoms. The first-order chi connectivity index (χ1) is 18.1. The predicted octanol–water partition coefficient (Wildman–Crippen LogP) is 1.61. The summed E-state index contributed by atoms with van der Waals surface area (Å²) in [6, 6.07) is 1.69. The summed E-state index contributed by atoms with van der Waals surface area (Å²) in [6.45, 7) is 0.0157. The molecule has 2 aliphatic heterocycles. The Bertz CT molecular complexity index is 1550.